The van der Waals surface area contributed by atoms with E-state index in [0.717, 1.165) is 11.1 Å². The molecule has 0 saturated carbocycles. The molecular formula is C25H18Cl2N2O4. The van der Waals surface area contributed by atoms with E-state index in [1.807, 2.05) is 48.5 Å². The molecule has 0 unspecified atom stereocenters. The van der Waals surface area contributed by atoms with Gasteiger partial charge in [-0.2, -0.15) is 5.10 Å². The summed E-state index contributed by atoms with van der Waals surface area (Å²) in [5.41, 5.74) is 3.31. The highest BCUT2D eigenvalue weighted by Gasteiger charge is 2.31. The minimum absolute atomic E-state index is 0.0147. The van der Waals surface area contributed by atoms with Gasteiger partial charge in [0.1, 0.15) is 11.3 Å². The van der Waals surface area contributed by atoms with Crippen molar-refractivity contribution in [1.29, 1.82) is 0 Å². The van der Waals surface area contributed by atoms with Gasteiger partial charge in [-0.25, -0.2) is 14.3 Å². The van der Waals surface area contributed by atoms with E-state index in [-0.39, 0.29) is 11.3 Å². The molecule has 0 bridgehead atoms. The molecule has 0 spiro atoms. The topological polar surface area (TPSA) is 70.4 Å². The number of hydrogen-bond donors (Lipinski definition) is 0. The number of nitrogens with zero attached hydrogens (tertiary/aromatic N) is 2. The maximum atomic E-state index is 12.7. The summed E-state index contributed by atoms with van der Waals surface area (Å²) in [4.78, 5) is 25.4. The third-order valence-corrected chi connectivity index (χ3v) is 5.80. The zero-order chi connectivity index (χ0) is 23.5. The fourth-order valence-electron chi connectivity index (χ4n) is 3.45. The molecule has 0 radical (unpaired) electrons. The number of rotatable bonds is 5. The van der Waals surface area contributed by atoms with Gasteiger partial charge in [0.05, 0.1) is 30.0 Å². The molecule has 4 rings (SSSR count). The Kier molecular flexibility index (Phi) is 6.49. The van der Waals surface area contributed by atoms with E-state index in [2.05, 4.69) is 5.10 Å². The van der Waals surface area contributed by atoms with Crippen molar-refractivity contribution in [3.8, 4) is 28.1 Å². The summed E-state index contributed by atoms with van der Waals surface area (Å²) in [6.45, 7) is 0. The number of halogens is 2. The van der Waals surface area contributed by atoms with Crippen LogP contribution in [0.15, 0.2) is 72.8 Å². The minimum Gasteiger partial charge on any atom is -0.465 e. The van der Waals surface area contributed by atoms with Crippen LogP contribution >= 0.6 is 23.2 Å². The van der Waals surface area contributed by atoms with E-state index in [9.17, 15) is 9.59 Å². The normalized spacial score (nSPS) is 10.7. The van der Waals surface area contributed by atoms with Gasteiger partial charge in [0.25, 0.3) is 0 Å². The summed E-state index contributed by atoms with van der Waals surface area (Å²) in [6.07, 6.45) is 0. The molecule has 0 saturated heterocycles. The van der Waals surface area contributed by atoms with Crippen molar-refractivity contribution in [2.75, 3.05) is 14.2 Å². The summed E-state index contributed by atoms with van der Waals surface area (Å²) in [6, 6.07) is 21.7. The Hall–Kier alpha value is -3.61. The fraction of sp³-hybridized carbons (Fsp3) is 0.0800. The number of methoxy groups -OCH3 is 2. The van der Waals surface area contributed by atoms with Gasteiger partial charge in [-0.05, 0) is 35.4 Å². The highest BCUT2D eigenvalue weighted by atomic mass is 35.5. The number of esters is 2. The van der Waals surface area contributed by atoms with Crippen molar-refractivity contribution in [3.63, 3.8) is 0 Å². The van der Waals surface area contributed by atoms with Crippen molar-refractivity contribution >= 4 is 35.1 Å². The molecule has 1 heterocycles. The first kappa shape index (κ1) is 22.6. The minimum atomic E-state index is -0.703. The first-order chi connectivity index (χ1) is 15.9. The van der Waals surface area contributed by atoms with Gasteiger partial charge in [0, 0.05) is 5.56 Å². The van der Waals surface area contributed by atoms with E-state index >= 15 is 0 Å². The van der Waals surface area contributed by atoms with Crippen molar-refractivity contribution < 1.29 is 19.1 Å². The SMILES string of the molecule is COC(=O)c1c(-c2ccc(-c3ccc(Cl)c(Cl)c3)cc2)nn(-c2ccccc2)c1C(=O)OC. The van der Waals surface area contributed by atoms with Crippen LogP contribution in [0.4, 0.5) is 0 Å². The van der Waals surface area contributed by atoms with Crippen molar-refractivity contribution in [2.45, 2.75) is 0 Å². The second-order valence-corrected chi connectivity index (χ2v) is 7.82. The molecule has 6 nitrogen and oxygen atoms in total. The Bertz CT molecular complexity index is 1330. The molecule has 3 aromatic carbocycles. The van der Waals surface area contributed by atoms with Crippen LogP contribution in [-0.4, -0.2) is 35.9 Å². The summed E-state index contributed by atoms with van der Waals surface area (Å²) in [5, 5.41) is 5.52. The Balaban J connectivity index is 1.88. The lowest BCUT2D eigenvalue weighted by molar-refractivity contribution is 0.0549. The van der Waals surface area contributed by atoms with Gasteiger partial charge >= 0.3 is 11.9 Å². The third-order valence-electron chi connectivity index (χ3n) is 5.07. The number of ether oxygens (including phenoxy) is 2. The second kappa shape index (κ2) is 9.48. The van der Waals surface area contributed by atoms with Crippen LogP contribution in [0.1, 0.15) is 20.8 Å². The highest BCUT2D eigenvalue weighted by molar-refractivity contribution is 6.42. The van der Waals surface area contributed by atoms with Gasteiger partial charge in [-0.1, -0.05) is 71.7 Å². The first-order valence-corrected chi connectivity index (χ1v) is 10.6. The highest BCUT2D eigenvalue weighted by Crippen LogP contribution is 2.32. The lowest BCUT2D eigenvalue weighted by atomic mass is 10.0. The second-order valence-electron chi connectivity index (χ2n) is 7.01. The number of aromatic nitrogens is 2. The van der Waals surface area contributed by atoms with Crippen LogP contribution in [-0.2, 0) is 9.47 Å². The fourth-order valence-corrected chi connectivity index (χ4v) is 3.75. The maximum Gasteiger partial charge on any atom is 0.357 e. The van der Waals surface area contributed by atoms with Crippen LogP contribution in [0.2, 0.25) is 10.0 Å². The Morgan fingerprint density at radius 2 is 1.36 bits per heavy atom. The van der Waals surface area contributed by atoms with Crippen molar-refractivity contribution in [3.05, 3.63) is 94.1 Å². The molecule has 166 valence electrons. The van der Waals surface area contributed by atoms with Gasteiger partial charge in [-0.3, -0.25) is 0 Å². The van der Waals surface area contributed by atoms with E-state index in [1.54, 1.807) is 24.3 Å². The lowest BCUT2D eigenvalue weighted by Gasteiger charge is -2.07. The zero-order valence-corrected chi connectivity index (χ0v) is 19.2. The monoisotopic (exact) mass is 480 g/mol. The van der Waals surface area contributed by atoms with Crippen LogP contribution in [0.5, 0.6) is 0 Å². The van der Waals surface area contributed by atoms with E-state index in [4.69, 9.17) is 32.7 Å². The predicted molar refractivity (Wildman–Crippen MR) is 127 cm³/mol. The summed E-state index contributed by atoms with van der Waals surface area (Å²) >= 11 is 12.2. The van der Waals surface area contributed by atoms with E-state index < -0.39 is 11.9 Å². The van der Waals surface area contributed by atoms with Gasteiger partial charge in [0.15, 0.2) is 5.69 Å². The molecule has 0 fully saturated rings. The Labute approximate surface area is 200 Å². The number of para-hydroxylation sites is 1. The van der Waals surface area contributed by atoms with Crippen LogP contribution in [0, 0.1) is 0 Å². The largest absolute Gasteiger partial charge is 0.465 e. The number of carbonyl (C=O) groups is 2. The average Bonchev–Trinajstić information content (AvgIpc) is 3.26. The molecule has 0 aliphatic carbocycles. The predicted octanol–water partition coefficient (Wildman–Crippen LogP) is 6.09. The number of benzene rings is 3. The van der Waals surface area contributed by atoms with E-state index in [1.165, 1.54) is 18.9 Å². The smallest absolute Gasteiger partial charge is 0.357 e. The Morgan fingerprint density at radius 1 is 0.758 bits per heavy atom. The van der Waals surface area contributed by atoms with E-state index in [0.29, 0.717) is 27.0 Å². The zero-order valence-electron chi connectivity index (χ0n) is 17.7. The van der Waals surface area contributed by atoms with Crippen LogP contribution in [0.25, 0.3) is 28.1 Å². The van der Waals surface area contributed by atoms with Gasteiger partial charge in [0.2, 0.25) is 0 Å². The van der Waals surface area contributed by atoms with Crippen LogP contribution in [0.3, 0.4) is 0 Å². The molecule has 4 aromatic rings. The van der Waals surface area contributed by atoms with Gasteiger partial charge in [-0.15, -0.1) is 0 Å². The third kappa shape index (κ3) is 4.35. The maximum absolute atomic E-state index is 12.7. The molecule has 0 atom stereocenters. The number of hydrogen-bond acceptors (Lipinski definition) is 5. The molecule has 33 heavy (non-hydrogen) atoms. The standard InChI is InChI=1S/C25H18Cl2N2O4/c1-32-24(30)21-22(28-29(23(21)25(31)33-2)18-6-4-3-5-7-18)16-10-8-15(9-11-16)17-12-13-19(26)20(27)14-17/h3-14H,1-2H3. The molecular weight excluding hydrogens is 463 g/mol. The van der Waals surface area contributed by atoms with Gasteiger partial charge < -0.3 is 9.47 Å². The molecule has 0 N–H and O–H groups in total. The average molecular weight is 481 g/mol. The van der Waals surface area contributed by atoms with Crippen molar-refractivity contribution in [1.82, 2.24) is 9.78 Å². The summed E-state index contributed by atoms with van der Waals surface area (Å²) < 4.78 is 11.3. The molecule has 0 aliphatic heterocycles. The number of carbonyl (C=O) groups excluding carboxylic acids is 2. The lowest BCUT2D eigenvalue weighted by Crippen LogP contribution is -2.15. The molecule has 0 amide bonds. The quantitative estimate of drug-likeness (QED) is 0.323. The molecule has 1 aromatic heterocycles. The first-order valence-electron chi connectivity index (χ1n) is 9.85. The van der Waals surface area contributed by atoms with Crippen LogP contribution < -0.4 is 0 Å². The molecule has 8 heteroatoms. The summed E-state index contributed by atoms with van der Waals surface area (Å²) in [5.74, 6) is -1.40. The summed E-state index contributed by atoms with van der Waals surface area (Å²) in [7, 11) is 2.50. The Morgan fingerprint density at radius 3 is 1.97 bits per heavy atom. The van der Waals surface area contributed by atoms with Crippen molar-refractivity contribution in [2.24, 2.45) is 0 Å². The molecule has 0 aliphatic rings.